The predicted molar refractivity (Wildman–Crippen MR) is 104 cm³/mol. The zero-order chi connectivity index (χ0) is 21.6. The molecule has 1 aromatic carbocycles. The summed E-state index contributed by atoms with van der Waals surface area (Å²) in [7, 11) is 0. The van der Waals surface area contributed by atoms with E-state index < -0.39 is 30.3 Å². The first kappa shape index (κ1) is 21.6. The molecule has 0 saturated carbocycles. The van der Waals surface area contributed by atoms with E-state index in [9.17, 15) is 19.5 Å². The molecule has 2 rings (SSSR count). The number of nitrogens with two attached hydrogens (primary N) is 3. The predicted octanol–water partition coefficient (Wildman–Crippen LogP) is -0.262. The summed E-state index contributed by atoms with van der Waals surface area (Å²) in [6.07, 6.45) is -0.457. The van der Waals surface area contributed by atoms with Crippen LogP contribution in [0.25, 0.3) is 0 Å². The van der Waals surface area contributed by atoms with E-state index in [1.54, 1.807) is 18.2 Å². The molecule has 2 aromatic rings. The van der Waals surface area contributed by atoms with Crippen LogP contribution in [0.3, 0.4) is 0 Å². The average Bonchev–Trinajstić information content (AvgIpc) is 2.66. The van der Waals surface area contributed by atoms with Gasteiger partial charge in [0.2, 0.25) is 5.95 Å². The van der Waals surface area contributed by atoms with Gasteiger partial charge in [-0.05, 0) is 18.1 Å². The lowest BCUT2D eigenvalue weighted by Crippen LogP contribution is -2.41. The first-order valence-corrected chi connectivity index (χ1v) is 8.67. The number of nitrogens with one attached hydrogen (secondary N) is 1. The molecule has 0 aliphatic carbocycles. The van der Waals surface area contributed by atoms with Gasteiger partial charge in [0.05, 0.1) is 5.69 Å². The molecule has 1 heterocycles. The molecule has 11 heteroatoms. The van der Waals surface area contributed by atoms with Crippen molar-refractivity contribution >= 4 is 29.6 Å². The summed E-state index contributed by atoms with van der Waals surface area (Å²) in [5.74, 6) is -3.00. The average molecular weight is 402 g/mol. The number of carboxylic acid groups (broad SMARTS) is 2. The summed E-state index contributed by atoms with van der Waals surface area (Å²) in [5.41, 5.74) is 18.9. The normalized spacial score (nSPS) is 11.6. The number of anilines is 2. The number of nitrogens with zero attached hydrogens (tertiary/aromatic N) is 2. The van der Waals surface area contributed by atoms with Crippen molar-refractivity contribution in [1.29, 1.82) is 0 Å². The van der Waals surface area contributed by atoms with E-state index in [2.05, 4.69) is 15.3 Å². The third-order valence-corrected chi connectivity index (χ3v) is 4.21. The Kier molecular flexibility index (Phi) is 7.04. The quantitative estimate of drug-likeness (QED) is 0.323. The van der Waals surface area contributed by atoms with Crippen molar-refractivity contribution in [3.63, 3.8) is 0 Å². The van der Waals surface area contributed by atoms with Gasteiger partial charge in [0.1, 0.15) is 11.9 Å². The molecule has 0 spiro atoms. The van der Waals surface area contributed by atoms with E-state index in [1.165, 1.54) is 6.07 Å². The number of carbonyl (C=O) groups excluding carboxylic acids is 1. The smallest absolute Gasteiger partial charge is 0.326 e. The van der Waals surface area contributed by atoms with Crippen LogP contribution < -0.4 is 22.5 Å². The highest BCUT2D eigenvalue weighted by Gasteiger charge is 2.23. The molecule has 29 heavy (non-hydrogen) atoms. The molecule has 9 N–H and O–H groups in total. The number of carbonyl (C=O) groups is 3. The van der Waals surface area contributed by atoms with Crippen molar-refractivity contribution in [2.75, 3.05) is 11.5 Å². The van der Waals surface area contributed by atoms with Gasteiger partial charge in [-0.15, -0.1) is 0 Å². The number of carboxylic acids is 2. The standard InChI is InChI=1S/C18H22N6O5/c19-8-13-11(15(20)24-18(21)23-13)7-9-3-1-2-4-10(9)16(27)22-12(17(28)29)5-6-14(25)26/h1-4,12H,5-8,19H2,(H,22,27)(H,25,26)(H,28,29)(H4,20,21,23,24)/t12-/m0/s1. The minimum Gasteiger partial charge on any atom is -0.481 e. The van der Waals surface area contributed by atoms with Crippen molar-refractivity contribution in [2.24, 2.45) is 5.73 Å². The van der Waals surface area contributed by atoms with Crippen molar-refractivity contribution in [3.8, 4) is 0 Å². The topological polar surface area (TPSA) is 208 Å². The van der Waals surface area contributed by atoms with Gasteiger partial charge in [0, 0.05) is 30.5 Å². The van der Waals surface area contributed by atoms with Crippen LogP contribution in [-0.2, 0) is 22.6 Å². The van der Waals surface area contributed by atoms with Gasteiger partial charge in [-0.2, -0.15) is 4.98 Å². The van der Waals surface area contributed by atoms with Crippen molar-refractivity contribution in [1.82, 2.24) is 15.3 Å². The summed E-state index contributed by atoms with van der Waals surface area (Å²) in [6.45, 7) is 0.0664. The van der Waals surface area contributed by atoms with Crippen LogP contribution >= 0.6 is 0 Å². The van der Waals surface area contributed by atoms with E-state index in [1.807, 2.05) is 0 Å². The highest BCUT2D eigenvalue weighted by molar-refractivity contribution is 5.98. The number of aliphatic carboxylic acids is 2. The Morgan fingerprint density at radius 3 is 2.41 bits per heavy atom. The van der Waals surface area contributed by atoms with Crippen LogP contribution in [-0.4, -0.2) is 44.1 Å². The second-order valence-corrected chi connectivity index (χ2v) is 6.23. The van der Waals surface area contributed by atoms with Gasteiger partial charge in [0.25, 0.3) is 5.91 Å². The minimum absolute atomic E-state index is 0.0135. The zero-order valence-electron chi connectivity index (χ0n) is 15.5. The molecule has 1 amide bonds. The van der Waals surface area contributed by atoms with Gasteiger partial charge >= 0.3 is 11.9 Å². The molecular weight excluding hydrogens is 380 g/mol. The Labute approximate surface area is 165 Å². The third kappa shape index (κ3) is 5.62. The number of hydrogen-bond donors (Lipinski definition) is 6. The maximum atomic E-state index is 12.7. The third-order valence-electron chi connectivity index (χ3n) is 4.21. The molecule has 0 unspecified atom stereocenters. The van der Waals surface area contributed by atoms with Crippen LogP contribution in [0.5, 0.6) is 0 Å². The van der Waals surface area contributed by atoms with Crippen molar-refractivity contribution in [2.45, 2.75) is 31.8 Å². The Balaban J connectivity index is 2.30. The molecule has 1 aromatic heterocycles. The Morgan fingerprint density at radius 2 is 1.79 bits per heavy atom. The summed E-state index contributed by atoms with van der Waals surface area (Å²) in [5, 5.41) is 20.4. The number of amides is 1. The first-order chi connectivity index (χ1) is 13.7. The summed E-state index contributed by atoms with van der Waals surface area (Å²) in [6, 6.07) is 5.20. The van der Waals surface area contributed by atoms with Crippen LogP contribution in [0.15, 0.2) is 24.3 Å². The molecular formula is C18H22N6O5. The van der Waals surface area contributed by atoms with Crippen LogP contribution in [0.1, 0.15) is 40.0 Å². The minimum atomic E-state index is -1.34. The molecule has 0 bridgehead atoms. The van der Waals surface area contributed by atoms with Crippen molar-refractivity contribution < 1.29 is 24.6 Å². The number of hydrogen-bond acceptors (Lipinski definition) is 8. The molecule has 154 valence electrons. The molecule has 1 atom stereocenters. The first-order valence-electron chi connectivity index (χ1n) is 8.67. The highest BCUT2D eigenvalue weighted by Crippen LogP contribution is 2.21. The van der Waals surface area contributed by atoms with E-state index in [0.29, 0.717) is 16.8 Å². The molecule has 0 radical (unpaired) electrons. The van der Waals surface area contributed by atoms with Gasteiger partial charge in [-0.3, -0.25) is 9.59 Å². The molecule has 11 nitrogen and oxygen atoms in total. The lowest BCUT2D eigenvalue weighted by Gasteiger charge is -2.16. The molecule has 0 fully saturated rings. The van der Waals surface area contributed by atoms with E-state index in [4.69, 9.17) is 22.3 Å². The van der Waals surface area contributed by atoms with Gasteiger partial charge < -0.3 is 32.7 Å². The zero-order valence-corrected chi connectivity index (χ0v) is 15.5. The van der Waals surface area contributed by atoms with Gasteiger partial charge in [-0.1, -0.05) is 18.2 Å². The summed E-state index contributed by atoms with van der Waals surface area (Å²) in [4.78, 5) is 42.7. The summed E-state index contributed by atoms with van der Waals surface area (Å²) < 4.78 is 0. The van der Waals surface area contributed by atoms with E-state index in [-0.39, 0.29) is 36.7 Å². The van der Waals surface area contributed by atoms with Crippen LogP contribution in [0.4, 0.5) is 11.8 Å². The number of benzene rings is 1. The maximum absolute atomic E-state index is 12.7. The Bertz CT molecular complexity index is 933. The van der Waals surface area contributed by atoms with Crippen LogP contribution in [0, 0.1) is 0 Å². The Morgan fingerprint density at radius 1 is 1.10 bits per heavy atom. The lowest BCUT2D eigenvalue weighted by molar-refractivity contribution is -0.140. The summed E-state index contributed by atoms with van der Waals surface area (Å²) >= 11 is 0. The molecule has 0 aliphatic heterocycles. The fourth-order valence-electron chi connectivity index (χ4n) is 2.78. The number of nitrogen functional groups attached to an aromatic ring is 2. The van der Waals surface area contributed by atoms with Gasteiger partial charge in [-0.25, -0.2) is 9.78 Å². The Hall–Kier alpha value is -3.73. The monoisotopic (exact) mass is 402 g/mol. The lowest BCUT2D eigenvalue weighted by atomic mass is 9.98. The second kappa shape index (κ2) is 9.46. The fourth-order valence-corrected chi connectivity index (χ4v) is 2.78. The number of aromatic nitrogens is 2. The largest absolute Gasteiger partial charge is 0.481 e. The highest BCUT2D eigenvalue weighted by atomic mass is 16.4. The van der Waals surface area contributed by atoms with Crippen LogP contribution in [0.2, 0.25) is 0 Å². The second-order valence-electron chi connectivity index (χ2n) is 6.23. The fraction of sp³-hybridized carbons (Fsp3) is 0.278. The van der Waals surface area contributed by atoms with E-state index in [0.717, 1.165) is 0 Å². The number of rotatable bonds is 9. The molecule has 0 saturated heterocycles. The maximum Gasteiger partial charge on any atom is 0.326 e. The van der Waals surface area contributed by atoms with E-state index >= 15 is 0 Å². The van der Waals surface area contributed by atoms with Crippen molar-refractivity contribution in [3.05, 3.63) is 46.6 Å². The molecule has 0 aliphatic rings. The SMILES string of the molecule is NCc1nc(N)nc(N)c1Cc1ccccc1C(=O)N[C@@H](CCC(=O)O)C(=O)O. The van der Waals surface area contributed by atoms with Gasteiger partial charge in [0.15, 0.2) is 0 Å².